The molecule has 19 heavy (non-hydrogen) atoms. The van der Waals surface area contributed by atoms with E-state index in [4.69, 9.17) is 0 Å². The number of amides is 1. The van der Waals surface area contributed by atoms with Crippen LogP contribution in [0.4, 0.5) is 14.5 Å². The number of halogens is 3. The van der Waals surface area contributed by atoms with Gasteiger partial charge in [0.2, 0.25) is 0 Å². The number of carbonyl (C=O) groups excluding carboxylic acids is 2. The van der Waals surface area contributed by atoms with E-state index in [1.807, 2.05) is 0 Å². The van der Waals surface area contributed by atoms with Crippen LogP contribution in [-0.4, -0.2) is 30.0 Å². The fraction of sp³-hybridized carbons (Fsp3) is 0.385. The number of hydrogen-bond donors (Lipinski definition) is 0. The Kier molecular flexibility index (Phi) is 6.08. The largest absolute Gasteiger partial charge is 0.316 e. The number of hydrogen-bond acceptors (Lipinski definition) is 2. The average molecular weight is 334 g/mol. The molecule has 0 heterocycles. The molecular formula is C13H14BrF2NO2. The molecule has 1 aromatic carbocycles. The minimum Gasteiger partial charge on any atom is -0.307 e. The molecule has 0 atom stereocenters. The van der Waals surface area contributed by atoms with Gasteiger partial charge in [0.25, 0.3) is 5.91 Å². The number of Topliss-reactive ketones (excluding diaryl/α,β-unsaturated/α-hetero) is 1. The van der Waals surface area contributed by atoms with E-state index in [0.717, 1.165) is 4.90 Å². The van der Waals surface area contributed by atoms with Crippen molar-refractivity contribution in [3.8, 4) is 0 Å². The van der Waals surface area contributed by atoms with Gasteiger partial charge in [0.15, 0.2) is 0 Å². The molecule has 0 aliphatic rings. The molecule has 0 aliphatic carbocycles. The van der Waals surface area contributed by atoms with Crippen LogP contribution in [0.2, 0.25) is 0 Å². The standard InChI is InChI=1S/C13H14BrF2NO2/c1-9-4-2-3-5-11(9)17(13(19)12(15)16)7-6-10(18)8-14/h2-5,12H,6-8H2,1H3. The Morgan fingerprint density at radius 3 is 2.47 bits per heavy atom. The van der Waals surface area contributed by atoms with Gasteiger partial charge >= 0.3 is 6.43 Å². The smallest absolute Gasteiger partial charge is 0.307 e. The highest BCUT2D eigenvalue weighted by atomic mass is 79.9. The SMILES string of the molecule is Cc1ccccc1N(CCC(=O)CBr)C(=O)C(F)F. The molecule has 6 heteroatoms. The highest BCUT2D eigenvalue weighted by Gasteiger charge is 2.25. The lowest BCUT2D eigenvalue weighted by Crippen LogP contribution is -2.37. The van der Waals surface area contributed by atoms with Gasteiger partial charge in [0.05, 0.1) is 5.33 Å². The Morgan fingerprint density at radius 2 is 1.95 bits per heavy atom. The molecule has 3 nitrogen and oxygen atoms in total. The van der Waals surface area contributed by atoms with Crippen molar-refractivity contribution in [1.82, 2.24) is 0 Å². The zero-order valence-electron chi connectivity index (χ0n) is 10.4. The lowest BCUT2D eigenvalue weighted by atomic mass is 10.1. The van der Waals surface area contributed by atoms with Crippen molar-refractivity contribution in [2.24, 2.45) is 0 Å². The molecule has 0 aromatic heterocycles. The fourth-order valence-corrected chi connectivity index (χ4v) is 1.92. The number of alkyl halides is 3. The third-order valence-corrected chi connectivity index (χ3v) is 3.25. The van der Waals surface area contributed by atoms with E-state index < -0.39 is 12.3 Å². The zero-order valence-corrected chi connectivity index (χ0v) is 12.0. The van der Waals surface area contributed by atoms with Crippen molar-refractivity contribution in [2.45, 2.75) is 19.8 Å². The second kappa shape index (κ2) is 7.33. The summed E-state index contributed by atoms with van der Waals surface area (Å²) >= 11 is 3.00. The Hall–Kier alpha value is -1.30. The summed E-state index contributed by atoms with van der Waals surface area (Å²) in [5.41, 5.74) is 1.12. The van der Waals surface area contributed by atoms with Crippen molar-refractivity contribution in [1.29, 1.82) is 0 Å². The van der Waals surface area contributed by atoms with Gasteiger partial charge in [-0.3, -0.25) is 9.59 Å². The van der Waals surface area contributed by atoms with Crippen LogP contribution in [0.1, 0.15) is 12.0 Å². The third kappa shape index (κ3) is 4.38. The van der Waals surface area contributed by atoms with Crippen molar-refractivity contribution in [3.05, 3.63) is 29.8 Å². The van der Waals surface area contributed by atoms with Gasteiger partial charge in [0.1, 0.15) is 5.78 Å². The summed E-state index contributed by atoms with van der Waals surface area (Å²) < 4.78 is 25.2. The second-order valence-electron chi connectivity index (χ2n) is 4.00. The quantitative estimate of drug-likeness (QED) is 0.750. The van der Waals surface area contributed by atoms with Gasteiger partial charge < -0.3 is 4.90 Å². The molecule has 1 rings (SSSR count). The van der Waals surface area contributed by atoms with Crippen molar-refractivity contribution in [2.75, 3.05) is 16.8 Å². The normalized spacial score (nSPS) is 10.6. The number of carbonyl (C=O) groups is 2. The third-order valence-electron chi connectivity index (χ3n) is 2.62. The van der Waals surface area contributed by atoms with Crippen LogP contribution in [0, 0.1) is 6.92 Å². The summed E-state index contributed by atoms with van der Waals surface area (Å²) in [6.07, 6.45) is -3.04. The van der Waals surface area contributed by atoms with Crippen molar-refractivity contribution < 1.29 is 18.4 Å². The van der Waals surface area contributed by atoms with Gasteiger partial charge in [-0.05, 0) is 18.6 Å². The van der Waals surface area contributed by atoms with Gasteiger partial charge in [0, 0.05) is 18.7 Å². The molecule has 1 aromatic rings. The number of anilines is 1. The Morgan fingerprint density at radius 1 is 1.32 bits per heavy atom. The average Bonchev–Trinajstić information content (AvgIpc) is 2.40. The molecule has 0 saturated carbocycles. The zero-order chi connectivity index (χ0) is 14.4. The van der Waals surface area contributed by atoms with E-state index in [1.54, 1.807) is 31.2 Å². The summed E-state index contributed by atoms with van der Waals surface area (Å²) in [7, 11) is 0. The summed E-state index contributed by atoms with van der Waals surface area (Å²) in [5, 5.41) is 0.150. The van der Waals surface area contributed by atoms with E-state index in [2.05, 4.69) is 15.9 Å². The van der Waals surface area contributed by atoms with Gasteiger partial charge in [-0.1, -0.05) is 34.1 Å². The monoisotopic (exact) mass is 333 g/mol. The lowest BCUT2D eigenvalue weighted by Gasteiger charge is -2.23. The molecule has 0 fully saturated rings. The Labute approximate surface area is 118 Å². The minimum atomic E-state index is -3.08. The molecule has 0 spiro atoms. The molecule has 0 N–H and O–H groups in total. The maximum Gasteiger partial charge on any atom is 0.316 e. The molecular weight excluding hydrogens is 320 g/mol. The number of para-hydroxylation sites is 1. The molecule has 0 bridgehead atoms. The first-order valence-electron chi connectivity index (χ1n) is 5.70. The molecule has 104 valence electrons. The van der Waals surface area contributed by atoms with Crippen LogP contribution in [0.25, 0.3) is 0 Å². The number of ketones is 1. The summed E-state index contributed by atoms with van der Waals surface area (Å²) in [5.74, 6) is -1.42. The first-order chi connectivity index (χ1) is 8.97. The van der Waals surface area contributed by atoms with Crippen LogP contribution < -0.4 is 4.90 Å². The van der Waals surface area contributed by atoms with E-state index in [9.17, 15) is 18.4 Å². The van der Waals surface area contributed by atoms with Gasteiger partial charge in [-0.15, -0.1) is 0 Å². The first-order valence-corrected chi connectivity index (χ1v) is 6.82. The molecule has 0 unspecified atom stereocenters. The summed E-state index contributed by atoms with van der Waals surface area (Å²) in [6.45, 7) is 1.69. The van der Waals surface area contributed by atoms with Crippen LogP contribution in [-0.2, 0) is 9.59 Å². The van der Waals surface area contributed by atoms with E-state index >= 15 is 0 Å². The van der Waals surface area contributed by atoms with Gasteiger partial charge in [-0.25, -0.2) is 0 Å². The molecule has 0 radical (unpaired) electrons. The molecule has 1 amide bonds. The number of benzene rings is 1. The summed E-state index contributed by atoms with van der Waals surface area (Å²) in [4.78, 5) is 23.8. The van der Waals surface area contributed by atoms with E-state index in [0.29, 0.717) is 11.3 Å². The van der Waals surface area contributed by atoms with Gasteiger partial charge in [-0.2, -0.15) is 8.78 Å². The fourth-order valence-electron chi connectivity index (χ4n) is 1.64. The topological polar surface area (TPSA) is 37.4 Å². The lowest BCUT2D eigenvalue weighted by molar-refractivity contribution is -0.129. The molecule has 0 aliphatic heterocycles. The predicted octanol–water partition coefficient (Wildman–Crippen LogP) is 2.95. The first kappa shape index (κ1) is 15.8. The van der Waals surface area contributed by atoms with Crippen LogP contribution in [0.5, 0.6) is 0 Å². The number of aryl methyl sites for hydroxylation is 1. The minimum absolute atomic E-state index is 0.0397. The molecule has 0 saturated heterocycles. The Bertz CT molecular complexity index is 466. The maximum absolute atomic E-state index is 12.6. The van der Waals surface area contributed by atoms with E-state index in [-0.39, 0.29) is 24.1 Å². The van der Waals surface area contributed by atoms with E-state index in [1.165, 1.54) is 0 Å². The second-order valence-corrected chi connectivity index (χ2v) is 4.56. The predicted molar refractivity (Wildman–Crippen MR) is 73.0 cm³/mol. The summed E-state index contributed by atoms with van der Waals surface area (Å²) in [6, 6.07) is 6.75. The van der Waals surface area contributed by atoms with Crippen molar-refractivity contribution >= 4 is 33.3 Å². The maximum atomic E-state index is 12.6. The van der Waals surface area contributed by atoms with Crippen LogP contribution >= 0.6 is 15.9 Å². The van der Waals surface area contributed by atoms with Crippen LogP contribution in [0.15, 0.2) is 24.3 Å². The van der Waals surface area contributed by atoms with Crippen LogP contribution in [0.3, 0.4) is 0 Å². The Balaban J connectivity index is 2.96. The highest BCUT2D eigenvalue weighted by Crippen LogP contribution is 2.21. The van der Waals surface area contributed by atoms with Crippen molar-refractivity contribution in [3.63, 3.8) is 0 Å². The number of rotatable bonds is 6. The number of nitrogens with zero attached hydrogens (tertiary/aromatic N) is 1. The highest BCUT2D eigenvalue weighted by molar-refractivity contribution is 9.09.